The molecular formula is C34H33Cl2N7O5S. The van der Waals surface area contributed by atoms with Crippen LogP contribution in [0.3, 0.4) is 0 Å². The van der Waals surface area contributed by atoms with Gasteiger partial charge in [-0.25, -0.2) is 23.3 Å². The summed E-state index contributed by atoms with van der Waals surface area (Å²) < 4.78 is 31.5. The molecule has 1 saturated heterocycles. The third-order valence-electron chi connectivity index (χ3n) is 8.68. The highest BCUT2D eigenvalue weighted by Gasteiger charge is 2.53. The first-order valence-corrected chi connectivity index (χ1v) is 17.7. The number of nitrogens with one attached hydrogen (secondary N) is 1. The van der Waals surface area contributed by atoms with Gasteiger partial charge in [-0.1, -0.05) is 47.5 Å². The third kappa shape index (κ3) is 6.42. The highest BCUT2D eigenvalue weighted by Crippen LogP contribution is 2.45. The number of aliphatic hydroxyl groups is 1. The van der Waals surface area contributed by atoms with Gasteiger partial charge in [-0.15, -0.1) is 0 Å². The van der Waals surface area contributed by atoms with E-state index in [2.05, 4.69) is 21.4 Å². The molecule has 0 radical (unpaired) electrons. The molecular weight excluding hydrogens is 689 g/mol. The van der Waals surface area contributed by atoms with Gasteiger partial charge in [0.25, 0.3) is 15.9 Å². The number of nitriles is 1. The first-order valence-electron chi connectivity index (χ1n) is 15.5. The Morgan fingerprint density at radius 2 is 1.84 bits per heavy atom. The van der Waals surface area contributed by atoms with Gasteiger partial charge in [-0.05, 0) is 75.1 Å². The van der Waals surface area contributed by atoms with E-state index in [0.29, 0.717) is 23.2 Å². The number of carbonyl (C=O) groups is 2. The fourth-order valence-electron chi connectivity index (χ4n) is 6.37. The molecule has 1 fully saturated rings. The second kappa shape index (κ2) is 12.9. The molecule has 12 nitrogen and oxygen atoms in total. The summed E-state index contributed by atoms with van der Waals surface area (Å²) in [6, 6.07) is 16.5. The first-order chi connectivity index (χ1) is 23.1. The van der Waals surface area contributed by atoms with E-state index in [9.17, 15) is 28.4 Å². The van der Waals surface area contributed by atoms with E-state index in [0.717, 1.165) is 9.87 Å². The SMILES string of the molecule is CC(C)(O)CNC(=O)[C@@H]1CCCN1S(=O)(=O)c1cnc2n1[C@](C)(Cc1ccc(-c3cccnc3C#N)cc1)C(=O)N2c1cc(Cl)cc(Cl)c1. The molecule has 2 aromatic carbocycles. The van der Waals surface area contributed by atoms with Gasteiger partial charge in [0.05, 0.1) is 17.5 Å². The van der Waals surface area contributed by atoms with E-state index in [1.54, 1.807) is 51.2 Å². The molecule has 2 aliphatic rings. The topological polar surface area (TPSA) is 162 Å². The van der Waals surface area contributed by atoms with Crippen molar-refractivity contribution in [2.45, 2.75) is 62.2 Å². The molecule has 49 heavy (non-hydrogen) atoms. The predicted molar refractivity (Wildman–Crippen MR) is 184 cm³/mol. The van der Waals surface area contributed by atoms with E-state index in [1.165, 1.54) is 21.7 Å². The van der Waals surface area contributed by atoms with Crippen LogP contribution in [-0.4, -0.2) is 68.9 Å². The van der Waals surface area contributed by atoms with Crippen LogP contribution in [0.2, 0.25) is 10.0 Å². The Morgan fingerprint density at radius 1 is 1.14 bits per heavy atom. The summed E-state index contributed by atoms with van der Waals surface area (Å²) in [6.07, 6.45) is 3.55. The van der Waals surface area contributed by atoms with Crippen LogP contribution in [0.4, 0.5) is 11.6 Å². The van der Waals surface area contributed by atoms with E-state index in [1.807, 2.05) is 24.3 Å². The minimum absolute atomic E-state index is 0.0530. The van der Waals surface area contributed by atoms with Crippen LogP contribution in [0, 0.1) is 11.3 Å². The fourth-order valence-corrected chi connectivity index (χ4v) is 8.73. The van der Waals surface area contributed by atoms with Crippen molar-refractivity contribution >= 4 is 56.7 Å². The lowest BCUT2D eigenvalue weighted by Crippen LogP contribution is -2.49. The Labute approximate surface area is 294 Å². The van der Waals surface area contributed by atoms with Crippen molar-refractivity contribution in [3.8, 4) is 17.2 Å². The van der Waals surface area contributed by atoms with E-state index in [4.69, 9.17) is 23.2 Å². The van der Waals surface area contributed by atoms with Crippen LogP contribution in [0.1, 0.15) is 44.9 Å². The van der Waals surface area contributed by atoms with Gasteiger partial charge in [0, 0.05) is 41.3 Å². The van der Waals surface area contributed by atoms with Gasteiger partial charge < -0.3 is 10.4 Å². The van der Waals surface area contributed by atoms with Crippen LogP contribution in [-0.2, 0) is 31.6 Å². The molecule has 0 aliphatic carbocycles. The number of anilines is 2. The number of halogens is 2. The number of amides is 2. The number of pyridine rings is 1. The fraction of sp³-hybridized carbons (Fsp3) is 0.324. The summed E-state index contributed by atoms with van der Waals surface area (Å²) in [7, 11) is -4.39. The monoisotopic (exact) mass is 721 g/mol. The number of imidazole rings is 1. The number of hydrogen-bond acceptors (Lipinski definition) is 8. The Balaban J connectivity index is 1.42. The van der Waals surface area contributed by atoms with Gasteiger partial charge in [0.2, 0.25) is 11.9 Å². The zero-order chi connectivity index (χ0) is 35.3. The van der Waals surface area contributed by atoms with Crippen molar-refractivity contribution in [2.24, 2.45) is 0 Å². The van der Waals surface area contributed by atoms with Crippen molar-refractivity contribution < 1.29 is 23.1 Å². The molecule has 4 aromatic rings. The normalized spacial score (nSPS) is 19.6. The van der Waals surface area contributed by atoms with Crippen LogP contribution in [0.25, 0.3) is 11.1 Å². The number of hydrogen-bond donors (Lipinski definition) is 2. The Morgan fingerprint density at radius 3 is 2.49 bits per heavy atom. The minimum atomic E-state index is -4.39. The number of sulfonamides is 1. The number of benzene rings is 2. The molecule has 4 heterocycles. The zero-order valence-electron chi connectivity index (χ0n) is 26.9. The van der Waals surface area contributed by atoms with Crippen LogP contribution >= 0.6 is 23.2 Å². The number of rotatable bonds is 9. The first kappa shape index (κ1) is 34.5. The summed E-state index contributed by atoms with van der Waals surface area (Å²) in [5, 5.41) is 22.6. The second-order valence-corrected chi connectivity index (χ2v) is 15.7. The molecule has 254 valence electrons. The predicted octanol–water partition coefficient (Wildman–Crippen LogP) is 4.80. The third-order valence-corrected chi connectivity index (χ3v) is 11.0. The quantitative estimate of drug-likeness (QED) is 0.249. The molecule has 15 heteroatoms. The van der Waals surface area contributed by atoms with Crippen molar-refractivity contribution in [1.29, 1.82) is 5.26 Å². The lowest BCUT2D eigenvalue weighted by Gasteiger charge is -2.29. The maximum Gasteiger partial charge on any atom is 0.261 e. The van der Waals surface area contributed by atoms with Crippen molar-refractivity contribution in [1.82, 2.24) is 24.2 Å². The molecule has 0 unspecified atom stereocenters. The molecule has 6 rings (SSSR count). The summed E-state index contributed by atoms with van der Waals surface area (Å²) in [5.74, 6) is -0.932. The number of nitrogens with zero attached hydrogens (tertiary/aromatic N) is 6. The van der Waals surface area contributed by atoms with Crippen molar-refractivity contribution in [3.63, 3.8) is 0 Å². The van der Waals surface area contributed by atoms with Crippen molar-refractivity contribution in [3.05, 3.63) is 88.3 Å². The molecule has 2 amide bonds. The largest absolute Gasteiger partial charge is 0.389 e. The Hall–Kier alpha value is -4.32. The molecule has 2 aromatic heterocycles. The van der Waals surface area contributed by atoms with E-state index in [-0.39, 0.29) is 52.6 Å². The Kier molecular flexibility index (Phi) is 9.06. The molecule has 0 spiro atoms. The van der Waals surface area contributed by atoms with E-state index >= 15 is 0 Å². The van der Waals surface area contributed by atoms with Gasteiger partial charge >= 0.3 is 0 Å². The number of fused-ring (bicyclic) bond motifs is 1. The average Bonchev–Trinajstić information content (AvgIpc) is 3.77. The Bertz CT molecular complexity index is 2090. The molecule has 2 aliphatic heterocycles. The van der Waals surface area contributed by atoms with Crippen LogP contribution in [0.5, 0.6) is 0 Å². The molecule has 0 bridgehead atoms. The second-order valence-electron chi connectivity index (χ2n) is 13.0. The van der Waals surface area contributed by atoms with Gasteiger partial charge in [-0.2, -0.15) is 9.57 Å². The van der Waals surface area contributed by atoms with E-state index < -0.39 is 39.0 Å². The smallest absolute Gasteiger partial charge is 0.261 e. The maximum atomic E-state index is 14.5. The standard InChI is InChI=1S/C34H33Cl2N7O5S/c1-33(2,46)20-40-30(44)28-7-5-13-41(28)49(47,48)29-19-39-32-42(25-15-23(35)14-24(36)16-25)31(45)34(3,43(29)32)17-21-8-10-22(11-9-21)26-6-4-12-38-27(26)18-37/h4,6,8-12,14-16,19,28,46H,5,7,13,17,20H2,1-3H3,(H,40,44)/t28-,34+/m0/s1. The highest BCUT2D eigenvalue weighted by atomic mass is 35.5. The zero-order valence-corrected chi connectivity index (χ0v) is 29.2. The van der Waals surface area contributed by atoms with Gasteiger partial charge in [0.1, 0.15) is 23.3 Å². The lowest BCUT2D eigenvalue weighted by atomic mass is 9.91. The summed E-state index contributed by atoms with van der Waals surface area (Å²) in [6.45, 7) is 4.76. The maximum absolute atomic E-state index is 14.5. The summed E-state index contributed by atoms with van der Waals surface area (Å²) in [4.78, 5) is 37.6. The lowest BCUT2D eigenvalue weighted by molar-refractivity contribution is -0.125. The average molecular weight is 723 g/mol. The highest BCUT2D eigenvalue weighted by molar-refractivity contribution is 7.89. The van der Waals surface area contributed by atoms with Crippen LogP contribution in [0.15, 0.2) is 72.0 Å². The number of carbonyl (C=O) groups excluding carboxylic acids is 2. The minimum Gasteiger partial charge on any atom is -0.389 e. The van der Waals surface area contributed by atoms with Crippen molar-refractivity contribution in [2.75, 3.05) is 18.0 Å². The summed E-state index contributed by atoms with van der Waals surface area (Å²) in [5.41, 5.74) is 0.00391. The molecule has 2 atom stereocenters. The summed E-state index contributed by atoms with van der Waals surface area (Å²) >= 11 is 12.6. The molecule has 0 saturated carbocycles. The van der Waals surface area contributed by atoms with Crippen LogP contribution < -0.4 is 10.2 Å². The number of aromatic nitrogens is 3. The molecule has 2 N–H and O–H groups in total. The van der Waals surface area contributed by atoms with Gasteiger partial charge in [0.15, 0.2) is 5.03 Å². The van der Waals surface area contributed by atoms with Gasteiger partial charge in [-0.3, -0.25) is 14.2 Å².